The van der Waals surface area contributed by atoms with E-state index in [0.29, 0.717) is 5.75 Å². The van der Waals surface area contributed by atoms with E-state index in [-0.39, 0.29) is 6.04 Å². The second kappa shape index (κ2) is 5.93. The summed E-state index contributed by atoms with van der Waals surface area (Å²) in [4.78, 5) is 0. The molecule has 108 valence electrons. The second-order valence-corrected chi connectivity index (χ2v) is 5.06. The summed E-state index contributed by atoms with van der Waals surface area (Å²) in [5, 5.41) is 21.1. The van der Waals surface area contributed by atoms with Crippen molar-refractivity contribution in [2.24, 2.45) is 0 Å². The van der Waals surface area contributed by atoms with Crippen LogP contribution >= 0.6 is 0 Å². The lowest BCUT2D eigenvalue weighted by Crippen LogP contribution is -2.22. The lowest BCUT2D eigenvalue weighted by molar-refractivity contribution is 0.474. The Hall–Kier alpha value is -2.40. The van der Waals surface area contributed by atoms with Crippen molar-refractivity contribution in [3.05, 3.63) is 60.0 Å². The third-order valence-corrected chi connectivity index (χ3v) is 3.58. The molecule has 0 aliphatic carbocycles. The molecule has 5 nitrogen and oxygen atoms in total. The highest BCUT2D eigenvalue weighted by Gasteiger charge is 2.07. The third-order valence-electron chi connectivity index (χ3n) is 3.58. The number of benzene rings is 1. The van der Waals surface area contributed by atoms with Gasteiger partial charge in [-0.1, -0.05) is 18.2 Å². The minimum atomic E-state index is 0.227. The Morgan fingerprint density at radius 2 is 1.95 bits per heavy atom. The second-order valence-electron chi connectivity index (χ2n) is 5.06. The zero-order valence-electron chi connectivity index (χ0n) is 11.9. The van der Waals surface area contributed by atoms with Crippen molar-refractivity contribution in [2.45, 2.75) is 19.4 Å². The quantitative estimate of drug-likeness (QED) is 0.754. The van der Waals surface area contributed by atoms with E-state index in [9.17, 15) is 5.11 Å². The first-order valence-electron chi connectivity index (χ1n) is 7.05. The predicted octanol–water partition coefficient (Wildman–Crippen LogP) is 2.33. The Morgan fingerprint density at radius 1 is 1.14 bits per heavy atom. The fourth-order valence-electron chi connectivity index (χ4n) is 2.34. The molecule has 3 rings (SSSR count). The summed E-state index contributed by atoms with van der Waals surface area (Å²) in [6.07, 6.45) is 2.79. The van der Waals surface area contributed by atoms with Crippen LogP contribution in [0.25, 0.3) is 5.65 Å². The van der Waals surface area contributed by atoms with Crippen molar-refractivity contribution in [3.63, 3.8) is 0 Å². The molecule has 0 saturated carbocycles. The summed E-state index contributed by atoms with van der Waals surface area (Å²) in [7, 11) is 0. The fourth-order valence-corrected chi connectivity index (χ4v) is 2.34. The van der Waals surface area contributed by atoms with Gasteiger partial charge in [0.1, 0.15) is 11.6 Å². The van der Waals surface area contributed by atoms with Crippen LogP contribution in [0.2, 0.25) is 0 Å². The first-order valence-corrected chi connectivity index (χ1v) is 7.05. The number of hydrogen-bond acceptors (Lipinski definition) is 4. The van der Waals surface area contributed by atoms with Gasteiger partial charge < -0.3 is 10.4 Å². The Kier molecular flexibility index (Phi) is 3.83. The topological polar surface area (TPSA) is 62.5 Å². The van der Waals surface area contributed by atoms with E-state index in [0.717, 1.165) is 30.0 Å². The summed E-state index contributed by atoms with van der Waals surface area (Å²) in [6.45, 7) is 2.92. The molecule has 0 fully saturated rings. The van der Waals surface area contributed by atoms with Crippen LogP contribution in [0, 0.1) is 0 Å². The van der Waals surface area contributed by atoms with E-state index in [4.69, 9.17) is 0 Å². The van der Waals surface area contributed by atoms with Crippen LogP contribution in [0.5, 0.6) is 5.75 Å². The summed E-state index contributed by atoms with van der Waals surface area (Å²) in [5.41, 5.74) is 2.03. The van der Waals surface area contributed by atoms with Crippen LogP contribution in [0.4, 0.5) is 0 Å². The molecular weight excluding hydrogens is 264 g/mol. The molecule has 0 bridgehead atoms. The van der Waals surface area contributed by atoms with Crippen LogP contribution in [-0.2, 0) is 6.42 Å². The number of nitrogens with one attached hydrogen (secondary N) is 1. The van der Waals surface area contributed by atoms with Crippen LogP contribution in [-0.4, -0.2) is 26.2 Å². The van der Waals surface area contributed by atoms with Crippen LogP contribution in [0.15, 0.2) is 48.7 Å². The highest BCUT2D eigenvalue weighted by molar-refractivity contribution is 5.37. The molecule has 1 aromatic carbocycles. The Bertz CT molecular complexity index is 720. The Balaban J connectivity index is 1.59. The van der Waals surface area contributed by atoms with Crippen molar-refractivity contribution < 1.29 is 5.11 Å². The van der Waals surface area contributed by atoms with Gasteiger partial charge in [-0.2, -0.15) is 0 Å². The van der Waals surface area contributed by atoms with Gasteiger partial charge in [-0.15, -0.1) is 10.2 Å². The van der Waals surface area contributed by atoms with E-state index in [1.165, 1.54) is 0 Å². The monoisotopic (exact) mass is 282 g/mol. The van der Waals surface area contributed by atoms with Gasteiger partial charge in [0.15, 0.2) is 5.65 Å². The molecule has 0 aliphatic rings. The summed E-state index contributed by atoms with van der Waals surface area (Å²) in [6, 6.07) is 13.4. The maximum atomic E-state index is 9.30. The van der Waals surface area contributed by atoms with Gasteiger partial charge in [0.25, 0.3) is 0 Å². The number of aromatic nitrogens is 3. The highest BCUT2D eigenvalue weighted by Crippen LogP contribution is 2.16. The Labute approximate surface area is 123 Å². The molecule has 2 N–H and O–H groups in total. The highest BCUT2D eigenvalue weighted by atomic mass is 16.3. The first kappa shape index (κ1) is 13.6. The van der Waals surface area contributed by atoms with E-state index in [1.54, 1.807) is 12.1 Å². The minimum Gasteiger partial charge on any atom is -0.508 e. The molecule has 0 aliphatic heterocycles. The summed E-state index contributed by atoms with van der Waals surface area (Å²) < 4.78 is 2.01. The summed E-state index contributed by atoms with van der Waals surface area (Å²) >= 11 is 0. The molecule has 5 heteroatoms. The largest absolute Gasteiger partial charge is 0.508 e. The van der Waals surface area contributed by atoms with Gasteiger partial charge >= 0.3 is 0 Å². The fraction of sp³-hybridized carbons (Fsp3) is 0.250. The standard InChI is InChI=1S/C16H18N4O/c1-12(13-5-7-14(21)8-6-13)17-10-9-16-19-18-15-4-2-3-11-20(15)16/h2-8,11-12,17,21H,9-10H2,1H3. The third kappa shape index (κ3) is 3.03. The van der Waals surface area contributed by atoms with Gasteiger partial charge in [0.05, 0.1) is 0 Å². The smallest absolute Gasteiger partial charge is 0.160 e. The van der Waals surface area contributed by atoms with Crippen molar-refractivity contribution in [3.8, 4) is 5.75 Å². The molecule has 0 saturated heterocycles. The molecule has 2 heterocycles. The first-order chi connectivity index (χ1) is 10.2. The van der Waals surface area contributed by atoms with Crippen molar-refractivity contribution in [2.75, 3.05) is 6.54 Å². The zero-order valence-corrected chi connectivity index (χ0v) is 11.9. The van der Waals surface area contributed by atoms with Gasteiger partial charge in [-0.05, 0) is 36.8 Å². The number of fused-ring (bicyclic) bond motifs is 1. The molecule has 0 amide bonds. The SMILES string of the molecule is CC(NCCc1nnc2ccccn12)c1ccc(O)cc1. The molecule has 1 atom stereocenters. The average Bonchev–Trinajstić information content (AvgIpc) is 2.91. The number of phenolic OH excluding ortho intramolecular Hbond substituents is 1. The maximum Gasteiger partial charge on any atom is 0.160 e. The number of hydrogen-bond donors (Lipinski definition) is 2. The maximum absolute atomic E-state index is 9.30. The number of rotatable bonds is 5. The lowest BCUT2D eigenvalue weighted by atomic mass is 10.1. The predicted molar refractivity (Wildman–Crippen MR) is 81.2 cm³/mol. The van der Waals surface area contributed by atoms with E-state index in [2.05, 4.69) is 22.4 Å². The van der Waals surface area contributed by atoms with E-state index >= 15 is 0 Å². The van der Waals surface area contributed by atoms with Crippen LogP contribution in [0.1, 0.15) is 24.4 Å². The number of pyridine rings is 1. The average molecular weight is 282 g/mol. The molecular formula is C16H18N4O. The molecule has 2 aromatic heterocycles. The number of nitrogens with zero attached hydrogens (tertiary/aromatic N) is 3. The van der Waals surface area contributed by atoms with Crippen molar-refractivity contribution >= 4 is 5.65 Å². The zero-order chi connectivity index (χ0) is 14.7. The minimum absolute atomic E-state index is 0.227. The van der Waals surface area contributed by atoms with Crippen LogP contribution in [0.3, 0.4) is 0 Å². The van der Waals surface area contributed by atoms with Gasteiger partial charge in [-0.3, -0.25) is 4.40 Å². The van der Waals surface area contributed by atoms with E-state index < -0.39 is 0 Å². The van der Waals surface area contributed by atoms with E-state index in [1.807, 2.05) is 40.9 Å². The number of aromatic hydroxyl groups is 1. The molecule has 1 unspecified atom stereocenters. The van der Waals surface area contributed by atoms with Crippen LogP contribution < -0.4 is 5.32 Å². The number of phenols is 1. The lowest BCUT2D eigenvalue weighted by Gasteiger charge is -2.13. The van der Waals surface area contributed by atoms with Gasteiger partial charge in [0.2, 0.25) is 0 Å². The van der Waals surface area contributed by atoms with Crippen molar-refractivity contribution in [1.82, 2.24) is 19.9 Å². The molecule has 3 aromatic rings. The molecule has 21 heavy (non-hydrogen) atoms. The normalized spacial score (nSPS) is 12.6. The summed E-state index contributed by atoms with van der Waals surface area (Å²) in [5.74, 6) is 1.25. The van der Waals surface area contributed by atoms with Gasteiger partial charge in [-0.25, -0.2) is 0 Å². The van der Waals surface area contributed by atoms with Crippen molar-refractivity contribution in [1.29, 1.82) is 0 Å². The van der Waals surface area contributed by atoms with Gasteiger partial charge in [0, 0.05) is 25.2 Å². The molecule has 0 radical (unpaired) electrons. The molecule has 0 spiro atoms. The Morgan fingerprint density at radius 3 is 2.76 bits per heavy atom.